The van der Waals surface area contributed by atoms with Crippen molar-refractivity contribution < 1.29 is 18.7 Å². The molecule has 0 saturated heterocycles. The smallest absolute Gasteiger partial charge is 0.321 e. The number of aryl methyl sites for hydroxylation is 1. The van der Waals surface area contributed by atoms with Crippen LogP contribution in [-0.4, -0.2) is 22.7 Å². The minimum absolute atomic E-state index is 0.323. The molecule has 1 unspecified atom stereocenters. The number of nitrogens with one attached hydrogen (secondary N) is 2. The van der Waals surface area contributed by atoms with Crippen LogP contribution in [0.2, 0.25) is 0 Å². The number of hydrogen-bond acceptors (Lipinski definition) is 4. The number of urea groups is 1. The second-order valence-corrected chi connectivity index (χ2v) is 5.74. The molecule has 0 aliphatic carbocycles. The molecule has 0 bridgehead atoms. The van der Waals surface area contributed by atoms with Crippen molar-refractivity contribution >= 4 is 22.5 Å². The van der Waals surface area contributed by atoms with Crippen LogP contribution in [0.4, 0.5) is 18.7 Å². The van der Waals surface area contributed by atoms with E-state index in [-0.39, 0.29) is 6.54 Å². The molecule has 1 heterocycles. The number of thiazole rings is 1. The highest BCUT2D eigenvalue weighted by Crippen LogP contribution is 2.20. The molecule has 0 radical (unpaired) electrons. The number of halogens is 2. The lowest BCUT2D eigenvalue weighted by Gasteiger charge is -2.13. The van der Waals surface area contributed by atoms with Gasteiger partial charge in [-0.3, -0.25) is 5.32 Å². The quantitative estimate of drug-likeness (QED) is 0.755. The van der Waals surface area contributed by atoms with Crippen LogP contribution in [0, 0.1) is 11.6 Å². The van der Waals surface area contributed by atoms with Crippen molar-refractivity contribution in [2.24, 2.45) is 0 Å². The summed E-state index contributed by atoms with van der Waals surface area (Å²) in [6.07, 6.45) is 0.301. The summed E-state index contributed by atoms with van der Waals surface area (Å²) >= 11 is 1.29. The van der Waals surface area contributed by atoms with Crippen molar-refractivity contribution in [3.8, 4) is 0 Å². The zero-order valence-corrected chi connectivity index (χ0v) is 13.3. The molecule has 0 spiro atoms. The number of aliphatic hydroxyl groups is 1. The van der Waals surface area contributed by atoms with Crippen LogP contribution >= 0.6 is 11.3 Å². The van der Waals surface area contributed by atoms with Gasteiger partial charge >= 0.3 is 6.03 Å². The molecule has 5 nitrogen and oxygen atoms in total. The van der Waals surface area contributed by atoms with Gasteiger partial charge in [0.15, 0.2) is 5.13 Å². The highest BCUT2D eigenvalue weighted by Gasteiger charge is 2.18. The second-order valence-electron chi connectivity index (χ2n) is 4.88. The van der Waals surface area contributed by atoms with Crippen molar-refractivity contribution in [3.05, 3.63) is 46.5 Å². The number of rotatable bonds is 6. The molecule has 23 heavy (non-hydrogen) atoms. The third-order valence-electron chi connectivity index (χ3n) is 3.07. The Labute approximate surface area is 136 Å². The zero-order chi connectivity index (χ0) is 16.8. The third-order valence-corrected chi connectivity index (χ3v) is 3.87. The van der Waals surface area contributed by atoms with Gasteiger partial charge in [0.05, 0.1) is 11.3 Å². The SMILES string of the molecule is CCCc1csc(NC(=O)NCC(O)c2c(F)cccc2F)n1. The van der Waals surface area contributed by atoms with Crippen molar-refractivity contribution in [3.63, 3.8) is 0 Å². The molecule has 1 atom stereocenters. The summed E-state index contributed by atoms with van der Waals surface area (Å²) in [6, 6.07) is 2.70. The number of amides is 2. The molecule has 8 heteroatoms. The van der Waals surface area contributed by atoms with Crippen molar-refractivity contribution in [1.29, 1.82) is 0 Å². The van der Waals surface area contributed by atoms with Gasteiger partial charge in [-0.05, 0) is 18.6 Å². The van der Waals surface area contributed by atoms with Crippen LogP contribution in [0.25, 0.3) is 0 Å². The standard InChI is InChI=1S/C15H17F2N3O2S/c1-2-4-9-8-23-15(19-9)20-14(22)18-7-12(21)13-10(16)5-3-6-11(13)17/h3,5-6,8,12,21H,2,4,7H2,1H3,(H2,18,19,20,22). The predicted octanol–water partition coefficient (Wildman–Crippen LogP) is 3.23. The van der Waals surface area contributed by atoms with E-state index in [1.165, 1.54) is 17.4 Å². The minimum Gasteiger partial charge on any atom is -0.386 e. The van der Waals surface area contributed by atoms with Crippen LogP contribution < -0.4 is 10.6 Å². The van der Waals surface area contributed by atoms with E-state index >= 15 is 0 Å². The van der Waals surface area contributed by atoms with Gasteiger partial charge in [0.2, 0.25) is 0 Å². The Morgan fingerprint density at radius 1 is 1.39 bits per heavy atom. The van der Waals surface area contributed by atoms with Crippen LogP contribution in [0.15, 0.2) is 23.6 Å². The third kappa shape index (κ3) is 4.70. The normalized spacial score (nSPS) is 12.0. The Morgan fingerprint density at radius 3 is 2.74 bits per heavy atom. The summed E-state index contributed by atoms with van der Waals surface area (Å²) < 4.78 is 27.0. The van der Waals surface area contributed by atoms with E-state index in [2.05, 4.69) is 15.6 Å². The molecule has 2 aromatic rings. The van der Waals surface area contributed by atoms with Gasteiger partial charge in [0.1, 0.15) is 17.7 Å². The van der Waals surface area contributed by atoms with Crippen LogP contribution in [0.5, 0.6) is 0 Å². The molecular formula is C15H17F2N3O2S. The summed E-state index contributed by atoms with van der Waals surface area (Å²) in [6.45, 7) is 1.71. The number of nitrogens with zero attached hydrogens (tertiary/aromatic N) is 1. The molecule has 1 aromatic heterocycles. The highest BCUT2D eigenvalue weighted by atomic mass is 32.1. The number of carbonyl (C=O) groups excluding carboxylic acids is 1. The molecule has 2 rings (SSSR count). The summed E-state index contributed by atoms with van der Waals surface area (Å²) in [5, 5.41) is 17.0. The van der Waals surface area contributed by atoms with E-state index in [1.807, 2.05) is 12.3 Å². The monoisotopic (exact) mass is 341 g/mol. The lowest BCUT2D eigenvalue weighted by molar-refractivity contribution is 0.166. The molecule has 3 N–H and O–H groups in total. The van der Waals surface area contributed by atoms with Gasteiger partial charge in [0.25, 0.3) is 0 Å². The molecule has 124 valence electrons. The minimum atomic E-state index is -1.48. The number of aliphatic hydroxyl groups excluding tert-OH is 1. The lowest BCUT2D eigenvalue weighted by Crippen LogP contribution is -2.32. The second kappa shape index (κ2) is 7.98. The van der Waals surface area contributed by atoms with Gasteiger partial charge in [-0.15, -0.1) is 11.3 Å². The van der Waals surface area contributed by atoms with Crippen LogP contribution in [0.3, 0.4) is 0 Å². The molecular weight excluding hydrogens is 324 g/mol. The average Bonchev–Trinajstić information content (AvgIpc) is 2.92. The Bertz CT molecular complexity index is 658. The van der Waals surface area contributed by atoms with E-state index in [0.717, 1.165) is 30.7 Å². The largest absolute Gasteiger partial charge is 0.386 e. The van der Waals surface area contributed by atoms with Crippen LogP contribution in [0.1, 0.15) is 30.7 Å². The highest BCUT2D eigenvalue weighted by molar-refractivity contribution is 7.13. The Balaban J connectivity index is 1.88. The van der Waals surface area contributed by atoms with Gasteiger partial charge in [-0.25, -0.2) is 18.6 Å². The average molecular weight is 341 g/mol. The summed E-state index contributed by atoms with van der Waals surface area (Å²) in [4.78, 5) is 15.9. The number of hydrogen-bond donors (Lipinski definition) is 3. The predicted molar refractivity (Wildman–Crippen MR) is 84.4 cm³/mol. The molecule has 0 aliphatic rings. The van der Waals surface area contributed by atoms with E-state index in [9.17, 15) is 18.7 Å². The van der Waals surface area contributed by atoms with E-state index in [4.69, 9.17) is 0 Å². The fourth-order valence-electron chi connectivity index (χ4n) is 2.00. The lowest BCUT2D eigenvalue weighted by atomic mass is 10.1. The fraction of sp³-hybridized carbons (Fsp3) is 0.333. The maximum atomic E-state index is 13.5. The van der Waals surface area contributed by atoms with Gasteiger partial charge in [-0.1, -0.05) is 19.4 Å². The summed E-state index contributed by atoms with van der Waals surface area (Å²) in [5.74, 6) is -1.72. The Morgan fingerprint density at radius 2 is 2.09 bits per heavy atom. The molecule has 0 saturated carbocycles. The molecule has 0 fully saturated rings. The Hall–Kier alpha value is -2.06. The topological polar surface area (TPSA) is 74.2 Å². The van der Waals surface area contributed by atoms with E-state index in [0.29, 0.717) is 5.13 Å². The number of anilines is 1. The van der Waals surface area contributed by atoms with Gasteiger partial charge < -0.3 is 10.4 Å². The van der Waals surface area contributed by atoms with Crippen molar-refractivity contribution in [2.75, 3.05) is 11.9 Å². The maximum absolute atomic E-state index is 13.5. The summed E-state index contributed by atoms with van der Waals surface area (Å²) in [7, 11) is 0. The van der Waals surface area contributed by atoms with Gasteiger partial charge in [0, 0.05) is 11.9 Å². The van der Waals surface area contributed by atoms with Gasteiger partial charge in [-0.2, -0.15) is 0 Å². The first-order valence-electron chi connectivity index (χ1n) is 7.12. The molecule has 2 amide bonds. The number of benzene rings is 1. The van der Waals surface area contributed by atoms with Crippen molar-refractivity contribution in [2.45, 2.75) is 25.9 Å². The first-order valence-corrected chi connectivity index (χ1v) is 8.00. The Kier molecular flexibility index (Phi) is 6.00. The fourth-order valence-corrected chi connectivity index (χ4v) is 2.74. The first-order chi connectivity index (χ1) is 11.0. The van der Waals surface area contributed by atoms with E-state index < -0.39 is 29.3 Å². The molecule has 1 aromatic carbocycles. The number of aromatic nitrogens is 1. The first kappa shape index (κ1) is 17.3. The maximum Gasteiger partial charge on any atom is 0.321 e. The molecule has 0 aliphatic heterocycles. The zero-order valence-electron chi connectivity index (χ0n) is 12.5. The van der Waals surface area contributed by atoms with E-state index in [1.54, 1.807) is 0 Å². The van der Waals surface area contributed by atoms with Crippen molar-refractivity contribution in [1.82, 2.24) is 10.3 Å². The number of carbonyl (C=O) groups is 1. The summed E-state index contributed by atoms with van der Waals surface area (Å²) in [5.41, 5.74) is 0.425. The van der Waals surface area contributed by atoms with Crippen LogP contribution in [-0.2, 0) is 6.42 Å².